The first-order valence-corrected chi connectivity index (χ1v) is 9.51. The van der Waals surface area contributed by atoms with Gasteiger partial charge in [0.05, 0.1) is 11.1 Å². The van der Waals surface area contributed by atoms with Gasteiger partial charge in [0.15, 0.2) is 0 Å². The van der Waals surface area contributed by atoms with Gasteiger partial charge in [0, 0.05) is 18.5 Å². The van der Waals surface area contributed by atoms with Crippen LogP contribution in [0.15, 0.2) is 39.9 Å². The van der Waals surface area contributed by atoms with Gasteiger partial charge in [0.25, 0.3) is 11.1 Å². The molecule has 0 bridgehead atoms. The van der Waals surface area contributed by atoms with E-state index in [1.807, 2.05) is 51.1 Å². The lowest BCUT2D eigenvalue weighted by Gasteiger charge is -2.18. The number of aryl methyl sites for hydroxylation is 1. The van der Waals surface area contributed by atoms with Gasteiger partial charge in [-0.15, -0.1) is 0 Å². The number of pyridine rings is 2. The summed E-state index contributed by atoms with van der Waals surface area (Å²) in [6, 6.07) is 11.6. The third kappa shape index (κ3) is 3.09. The van der Waals surface area contributed by atoms with Gasteiger partial charge in [-0.1, -0.05) is 43.7 Å². The summed E-state index contributed by atoms with van der Waals surface area (Å²) < 4.78 is 3.02. The van der Waals surface area contributed by atoms with Crippen LogP contribution in [0.4, 0.5) is 5.82 Å². The van der Waals surface area contributed by atoms with Gasteiger partial charge in [-0.3, -0.25) is 14.2 Å². The molecule has 0 aliphatic carbocycles. The molecule has 2 aromatic heterocycles. The molecule has 0 amide bonds. The van der Waals surface area contributed by atoms with E-state index < -0.39 is 5.56 Å². The van der Waals surface area contributed by atoms with Crippen LogP contribution >= 0.6 is 0 Å². The van der Waals surface area contributed by atoms with E-state index in [0.29, 0.717) is 30.6 Å². The Morgan fingerprint density at radius 3 is 2.18 bits per heavy atom. The Balaban J connectivity index is 2.51. The number of aromatic nitrogens is 2. The van der Waals surface area contributed by atoms with Gasteiger partial charge in [-0.05, 0) is 31.4 Å². The van der Waals surface area contributed by atoms with Gasteiger partial charge < -0.3 is 10.3 Å². The Kier molecular flexibility index (Phi) is 5.36. The van der Waals surface area contributed by atoms with Gasteiger partial charge >= 0.3 is 0 Å². The summed E-state index contributed by atoms with van der Waals surface area (Å²) in [5.41, 5.74) is 8.14. The number of benzene rings is 1. The van der Waals surface area contributed by atoms with Crippen molar-refractivity contribution >= 4 is 16.6 Å². The van der Waals surface area contributed by atoms with E-state index in [1.165, 1.54) is 4.57 Å². The number of fused-ring (bicyclic) bond motifs is 1. The predicted molar refractivity (Wildman–Crippen MR) is 112 cm³/mol. The zero-order valence-electron chi connectivity index (χ0n) is 16.5. The molecule has 0 radical (unpaired) electrons. The number of hydrogen-bond acceptors (Lipinski definition) is 4. The quantitative estimate of drug-likeness (QED) is 0.738. The zero-order chi connectivity index (χ0) is 20.4. The smallest absolute Gasteiger partial charge is 0.270 e. The molecular formula is C22H24N4O2. The molecule has 0 atom stereocenters. The van der Waals surface area contributed by atoms with E-state index in [0.717, 1.165) is 17.5 Å². The molecule has 0 saturated carbocycles. The monoisotopic (exact) mass is 376 g/mol. The number of anilines is 1. The van der Waals surface area contributed by atoms with Crippen molar-refractivity contribution in [2.45, 2.75) is 46.7 Å². The van der Waals surface area contributed by atoms with Crippen molar-refractivity contribution < 1.29 is 0 Å². The molecule has 0 unspecified atom stereocenters. The van der Waals surface area contributed by atoms with Gasteiger partial charge in [0.2, 0.25) is 0 Å². The standard InChI is InChI=1S/C22H24N4O2/c1-4-10-25-18(15-8-6-14(3)7-9-15)12-16-17(13-23)21(27)26(11-5-2)20(24)19(16)22(25)28/h6-9,12H,4-5,10-11,24H2,1-3H3. The first kappa shape index (κ1) is 19.4. The SMILES string of the molecule is CCCn1c(N)c2c(=O)n(CCC)c(-c3ccc(C)cc3)cc2c(C#N)c1=O. The molecule has 0 saturated heterocycles. The van der Waals surface area contributed by atoms with Crippen LogP contribution in [-0.2, 0) is 13.1 Å². The lowest BCUT2D eigenvalue weighted by molar-refractivity contribution is 0.656. The van der Waals surface area contributed by atoms with E-state index in [9.17, 15) is 14.9 Å². The van der Waals surface area contributed by atoms with Crippen molar-refractivity contribution in [3.63, 3.8) is 0 Å². The number of rotatable bonds is 5. The van der Waals surface area contributed by atoms with E-state index in [1.54, 1.807) is 10.6 Å². The van der Waals surface area contributed by atoms with Gasteiger partial charge in [-0.25, -0.2) is 0 Å². The van der Waals surface area contributed by atoms with E-state index in [4.69, 9.17) is 5.73 Å². The highest BCUT2D eigenvalue weighted by molar-refractivity contribution is 5.96. The molecule has 144 valence electrons. The number of nitrogens with zero attached hydrogens (tertiary/aromatic N) is 3. The number of nitrogens with two attached hydrogens (primary N) is 1. The highest BCUT2D eigenvalue weighted by atomic mass is 16.1. The molecule has 0 fully saturated rings. The van der Waals surface area contributed by atoms with Crippen molar-refractivity contribution in [2.75, 3.05) is 5.73 Å². The average Bonchev–Trinajstić information content (AvgIpc) is 2.68. The van der Waals surface area contributed by atoms with Crippen molar-refractivity contribution in [3.05, 3.63) is 62.2 Å². The summed E-state index contributed by atoms with van der Waals surface area (Å²) in [7, 11) is 0. The van der Waals surface area contributed by atoms with Crippen LogP contribution in [0.3, 0.4) is 0 Å². The lowest BCUT2D eigenvalue weighted by Crippen LogP contribution is -2.30. The fourth-order valence-corrected chi connectivity index (χ4v) is 3.55. The molecule has 3 aromatic rings. The Labute approximate surface area is 163 Å². The van der Waals surface area contributed by atoms with Crippen LogP contribution < -0.4 is 16.9 Å². The maximum Gasteiger partial charge on any atom is 0.270 e. The average molecular weight is 376 g/mol. The highest BCUT2D eigenvalue weighted by Crippen LogP contribution is 2.26. The minimum absolute atomic E-state index is 0.0354. The molecule has 1 aromatic carbocycles. The van der Waals surface area contributed by atoms with Crippen LogP contribution in [0.1, 0.15) is 37.8 Å². The second kappa shape index (κ2) is 7.73. The summed E-state index contributed by atoms with van der Waals surface area (Å²) in [4.78, 5) is 26.2. The topological polar surface area (TPSA) is 93.8 Å². The molecule has 2 heterocycles. The number of nitriles is 1. The summed E-state index contributed by atoms with van der Waals surface area (Å²) in [5, 5.41) is 10.2. The molecular weight excluding hydrogens is 352 g/mol. The zero-order valence-corrected chi connectivity index (χ0v) is 16.5. The van der Waals surface area contributed by atoms with Crippen molar-refractivity contribution in [1.29, 1.82) is 5.26 Å². The Bertz CT molecular complexity index is 1200. The summed E-state index contributed by atoms with van der Waals surface area (Å²) >= 11 is 0. The van der Waals surface area contributed by atoms with E-state index in [-0.39, 0.29) is 22.3 Å². The third-order valence-corrected chi connectivity index (χ3v) is 4.93. The molecule has 2 N–H and O–H groups in total. The van der Waals surface area contributed by atoms with E-state index >= 15 is 0 Å². The summed E-state index contributed by atoms with van der Waals surface area (Å²) in [6.45, 7) is 6.79. The molecule has 6 heteroatoms. The Morgan fingerprint density at radius 2 is 1.61 bits per heavy atom. The van der Waals surface area contributed by atoms with Crippen molar-refractivity contribution in [3.8, 4) is 17.3 Å². The normalized spacial score (nSPS) is 10.9. The minimum Gasteiger partial charge on any atom is -0.384 e. The van der Waals surface area contributed by atoms with Crippen LogP contribution in [-0.4, -0.2) is 9.13 Å². The maximum absolute atomic E-state index is 13.4. The van der Waals surface area contributed by atoms with Gasteiger partial charge in [0.1, 0.15) is 17.5 Å². The fraction of sp³-hybridized carbons (Fsp3) is 0.318. The maximum atomic E-state index is 13.4. The molecule has 3 rings (SSSR count). The summed E-state index contributed by atoms with van der Waals surface area (Å²) in [5.74, 6) is 0.131. The first-order valence-electron chi connectivity index (χ1n) is 9.51. The molecule has 6 nitrogen and oxygen atoms in total. The Morgan fingerprint density at radius 1 is 1.00 bits per heavy atom. The number of hydrogen-bond donors (Lipinski definition) is 1. The van der Waals surface area contributed by atoms with Crippen LogP contribution in [0, 0.1) is 18.3 Å². The minimum atomic E-state index is -0.447. The van der Waals surface area contributed by atoms with Crippen LogP contribution in [0.2, 0.25) is 0 Å². The number of nitrogen functional groups attached to an aromatic ring is 1. The highest BCUT2D eigenvalue weighted by Gasteiger charge is 2.20. The fourth-order valence-electron chi connectivity index (χ4n) is 3.55. The lowest BCUT2D eigenvalue weighted by atomic mass is 10.0. The van der Waals surface area contributed by atoms with Crippen LogP contribution in [0.25, 0.3) is 22.0 Å². The van der Waals surface area contributed by atoms with Crippen molar-refractivity contribution in [1.82, 2.24) is 9.13 Å². The molecule has 0 spiro atoms. The van der Waals surface area contributed by atoms with Gasteiger partial charge in [-0.2, -0.15) is 5.26 Å². The second-order valence-electron chi connectivity index (χ2n) is 6.97. The Hall–Kier alpha value is -3.33. The van der Waals surface area contributed by atoms with Crippen molar-refractivity contribution in [2.24, 2.45) is 0 Å². The predicted octanol–water partition coefficient (Wildman–Crippen LogP) is 3.41. The van der Waals surface area contributed by atoms with E-state index in [2.05, 4.69) is 0 Å². The molecule has 0 aliphatic heterocycles. The first-order chi connectivity index (χ1) is 13.4. The van der Waals surface area contributed by atoms with Crippen LogP contribution in [0.5, 0.6) is 0 Å². The third-order valence-electron chi connectivity index (χ3n) is 4.93. The summed E-state index contributed by atoms with van der Waals surface area (Å²) in [6.07, 6.45) is 1.44. The molecule has 0 aliphatic rings. The molecule has 28 heavy (non-hydrogen) atoms. The second-order valence-corrected chi connectivity index (χ2v) is 6.97. The largest absolute Gasteiger partial charge is 0.384 e.